The molecule has 1 aromatic carbocycles. The number of hydrogen-bond donors (Lipinski definition) is 1. The second kappa shape index (κ2) is 5.58. The van der Waals surface area contributed by atoms with Gasteiger partial charge < -0.3 is 4.74 Å². The van der Waals surface area contributed by atoms with E-state index < -0.39 is 11.1 Å². The SMILES string of the molecule is Cc1ccc(Br)cc1OC(=O)NC(Cl)Cl. The molecule has 0 aliphatic heterocycles. The molecule has 0 atom stereocenters. The van der Waals surface area contributed by atoms with Gasteiger partial charge in [0, 0.05) is 4.47 Å². The number of nitrogens with one attached hydrogen (secondary N) is 1. The number of benzene rings is 1. The summed E-state index contributed by atoms with van der Waals surface area (Å²) in [4.78, 5) is 10.2. The minimum atomic E-state index is -0.982. The number of ether oxygens (including phenoxy) is 1. The first-order chi connectivity index (χ1) is 6.99. The van der Waals surface area contributed by atoms with Crippen molar-refractivity contribution in [1.82, 2.24) is 5.32 Å². The zero-order valence-electron chi connectivity index (χ0n) is 7.76. The van der Waals surface area contributed by atoms with E-state index >= 15 is 0 Å². The van der Waals surface area contributed by atoms with Crippen molar-refractivity contribution in [2.24, 2.45) is 0 Å². The topological polar surface area (TPSA) is 38.3 Å². The standard InChI is InChI=1S/C9H8BrCl2NO2/c1-5-2-3-6(10)4-7(5)15-9(14)13-8(11)12/h2-4,8H,1H3,(H,13,14). The molecule has 1 aromatic rings. The first-order valence-electron chi connectivity index (χ1n) is 4.01. The van der Waals surface area contributed by atoms with Crippen LogP contribution in [0.15, 0.2) is 22.7 Å². The van der Waals surface area contributed by atoms with Gasteiger partial charge in [-0.2, -0.15) is 0 Å². The fourth-order valence-electron chi connectivity index (χ4n) is 0.902. The summed E-state index contributed by atoms with van der Waals surface area (Å²) in [6, 6.07) is 5.37. The summed E-state index contributed by atoms with van der Waals surface area (Å²) >= 11 is 14.0. The Bertz CT molecular complexity index is 371. The van der Waals surface area contributed by atoms with Crippen molar-refractivity contribution in [3.05, 3.63) is 28.2 Å². The van der Waals surface area contributed by atoms with Crippen LogP contribution in [-0.2, 0) is 0 Å². The van der Waals surface area contributed by atoms with Crippen LogP contribution in [-0.4, -0.2) is 11.1 Å². The molecule has 1 amide bonds. The molecule has 0 aromatic heterocycles. The number of carbonyl (C=O) groups is 1. The summed E-state index contributed by atoms with van der Waals surface area (Å²) in [5.41, 5.74) is 0.842. The van der Waals surface area contributed by atoms with E-state index in [4.69, 9.17) is 27.9 Å². The van der Waals surface area contributed by atoms with Crippen LogP contribution in [0.3, 0.4) is 0 Å². The Morgan fingerprint density at radius 2 is 2.20 bits per heavy atom. The number of hydrogen-bond acceptors (Lipinski definition) is 2. The van der Waals surface area contributed by atoms with E-state index in [1.165, 1.54) is 0 Å². The summed E-state index contributed by atoms with van der Waals surface area (Å²) in [5, 5.41) is 2.19. The summed E-state index contributed by atoms with van der Waals surface area (Å²) in [6.07, 6.45) is -0.689. The lowest BCUT2D eigenvalue weighted by atomic mass is 10.2. The van der Waals surface area contributed by atoms with Crippen LogP contribution in [0.25, 0.3) is 0 Å². The van der Waals surface area contributed by atoms with Crippen molar-refractivity contribution in [3.63, 3.8) is 0 Å². The molecule has 0 fully saturated rings. The van der Waals surface area contributed by atoms with Gasteiger partial charge in [-0.05, 0) is 24.6 Å². The minimum Gasteiger partial charge on any atom is -0.410 e. The molecule has 0 spiro atoms. The zero-order chi connectivity index (χ0) is 11.4. The van der Waals surface area contributed by atoms with Gasteiger partial charge in [-0.3, -0.25) is 5.32 Å². The van der Waals surface area contributed by atoms with Crippen LogP contribution in [0, 0.1) is 6.92 Å². The third-order valence-electron chi connectivity index (χ3n) is 1.58. The fourth-order valence-corrected chi connectivity index (χ4v) is 1.42. The monoisotopic (exact) mass is 311 g/mol. The molecule has 1 N–H and O–H groups in total. The van der Waals surface area contributed by atoms with Crippen molar-refractivity contribution < 1.29 is 9.53 Å². The Hall–Kier alpha value is -0.450. The molecular formula is C9H8BrCl2NO2. The Morgan fingerprint density at radius 3 is 2.80 bits per heavy atom. The van der Waals surface area contributed by atoms with Crippen molar-refractivity contribution in [2.75, 3.05) is 0 Å². The highest BCUT2D eigenvalue weighted by atomic mass is 79.9. The Morgan fingerprint density at radius 1 is 1.53 bits per heavy atom. The minimum absolute atomic E-state index is 0.454. The van der Waals surface area contributed by atoms with Gasteiger partial charge in [0.2, 0.25) is 0 Å². The molecular weight excluding hydrogens is 305 g/mol. The van der Waals surface area contributed by atoms with Crippen LogP contribution in [0.4, 0.5) is 4.79 Å². The first kappa shape index (κ1) is 12.6. The highest BCUT2D eigenvalue weighted by molar-refractivity contribution is 9.10. The van der Waals surface area contributed by atoms with E-state index in [0.717, 1.165) is 10.0 Å². The number of amides is 1. The quantitative estimate of drug-likeness (QED) is 0.669. The molecule has 1 rings (SSSR count). The normalized spacial score (nSPS) is 10.2. The van der Waals surface area contributed by atoms with E-state index in [-0.39, 0.29) is 0 Å². The maximum Gasteiger partial charge on any atom is 0.414 e. The number of carbonyl (C=O) groups excluding carboxylic acids is 1. The smallest absolute Gasteiger partial charge is 0.410 e. The predicted octanol–water partition coefficient (Wildman–Crippen LogP) is 3.61. The molecule has 3 nitrogen and oxygen atoms in total. The van der Waals surface area contributed by atoms with Gasteiger partial charge in [-0.15, -0.1) is 0 Å². The van der Waals surface area contributed by atoms with E-state index in [0.29, 0.717) is 5.75 Å². The maximum atomic E-state index is 11.2. The molecule has 0 radical (unpaired) electrons. The zero-order valence-corrected chi connectivity index (χ0v) is 10.9. The van der Waals surface area contributed by atoms with Gasteiger partial charge in [-0.25, -0.2) is 4.79 Å². The van der Waals surface area contributed by atoms with Gasteiger partial charge in [0.05, 0.1) is 0 Å². The van der Waals surface area contributed by atoms with Gasteiger partial charge >= 0.3 is 6.09 Å². The number of alkyl halides is 2. The molecule has 0 heterocycles. The Kier molecular flexibility index (Phi) is 4.70. The van der Waals surface area contributed by atoms with Crippen LogP contribution >= 0.6 is 39.1 Å². The molecule has 82 valence electrons. The fraction of sp³-hybridized carbons (Fsp3) is 0.222. The first-order valence-corrected chi connectivity index (χ1v) is 5.68. The van der Waals surface area contributed by atoms with E-state index in [1.807, 2.05) is 19.1 Å². The molecule has 0 aliphatic rings. The number of halogens is 3. The summed E-state index contributed by atoms with van der Waals surface area (Å²) in [6.45, 7) is 1.83. The third-order valence-corrected chi connectivity index (χ3v) is 2.29. The lowest BCUT2D eigenvalue weighted by Gasteiger charge is -2.09. The van der Waals surface area contributed by atoms with Crippen LogP contribution < -0.4 is 10.1 Å². The van der Waals surface area contributed by atoms with Crippen molar-refractivity contribution in [2.45, 2.75) is 11.9 Å². The summed E-state index contributed by atoms with van der Waals surface area (Å²) in [7, 11) is 0. The van der Waals surface area contributed by atoms with E-state index in [2.05, 4.69) is 21.2 Å². The Labute approximate surface area is 106 Å². The molecule has 15 heavy (non-hydrogen) atoms. The summed E-state index contributed by atoms with van der Waals surface area (Å²) in [5.74, 6) is 0.454. The molecule has 0 unspecified atom stereocenters. The molecule has 0 saturated carbocycles. The van der Waals surface area contributed by atoms with E-state index in [9.17, 15) is 4.79 Å². The van der Waals surface area contributed by atoms with Gasteiger partial charge in [0.1, 0.15) is 5.75 Å². The van der Waals surface area contributed by atoms with Crippen molar-refractivity contribution >= 4 is 45.2 Å². The van der Waals surface area contributed by atoms with Crippen LogP contribution in [0.5, 0.6) is 5.75 Å². The molecule has 6 heteroatoms. The number of aryl methyl sites for hydroxylation is 1. The highest BCUT2D eigenvalue weighted by Gasteiger charge is 2.09. The molecule has 0 aliphatic carbocycles. The van der Waals surface area contributed by atoms with E-state index in [1.54, 1.807) is 6.07 Å². The predicted molar refractivity (Wildman–Crippen MR) is 63.5 cm³/mol. The third kappa shape index (κ3) is 4.28. The van der Waals surface area contributed by atoms with Crippen LogP contribution in [0.1, 0.15) is 5.56 Å². The van der Waals surface area contributed by atoms with Crippen LogP contribution in [0.2, 0.25) is 0 Å². The highest BCUT2D eigenvalue weighted by Crippen LogP contribution is 2.22. The maximum absolute atomic E-state index is 11.2. The van der Waals surface area contributed by atoms with Gasteiger partial charge in [0.15, 0.2) is 4.96 Å². The van der Waals surface area contributed by atoms with Crippen molar-refractivity contribution in [3.8, 4) is 5.75 Å². The second-order valence-electron chi connectivity index (χ2n) is 2.74. The lowest BCUT2D eigenvalue weighted by molar-refractivity contribution is 0.201. The molecule has 0 bridgehead atoms. The van der Waals surface area contributed by atoms with Gasteiger partial charge in [-0.1, -0.05) is 45.2 Å². The number of rotatable bonds is 2. The average molecular weight is 313 g/mol. The largest absolute Gasteiger partial charge is 0.414 e. The van der Waals surface area contributed by atoms with Crippen molar-refractivity contribution in [1.29, 1.82) is 0 Å². The average Bonchev–Trinajstić information content (AvgIpc) is 2.10. The van der Waals surface area contributed by atoms with Gasteiger partial charge in [0.25, 0.3) is 0 Å². The molecule has 0 saturated heterocycles. The lowest BCUT2D eigenvalue weighted by Crippen LogP contribution is -2.30. The second-order valence-corrected chi connectivity index (χ2v) is 4.76. The Balaban J connectivity index is 2.71. The summed E-state index contributed by atoms with van der Waals surface area (Å²) < 4.78 is 5.81.